The number of carbonyl (C=O) groups is 2. The van der Waals surface area contributed by atoms with Gasteiger partial charge in [-0.2, -0.15) is 4.79 Å². The van der Waals surface area contributed by atoms with Crippen molar-refractivity contribution in [2.45, 2.75) is 52.1 Å². The van der Waals surface area contributed by atoms with Crippen molar-refractivity contribution in [3.63, 3.8) is 0 Å². The van der Waals surface area contributed by atoms with Crippen molar-refractivity contribution in [2.24, 2.45) is 5.41 Å². The highest BCUT2D eigenvalue weighted by Crippen LogP contribution is 2.45. The molecule has 2 aliphatic rings. The van der Waals surface area contributed by atoms with Crippen molar-refractivity contribution < 1.29 is 18.9 Å². The largest absolute Gasteiger partial charge is 0.596 e. The van der Waals surface area contributed by atoms with Crippen LogP contribution < -0.4 is 0 Å². The molecule has 0 aromatic carbocycles. The highest BCUT2D eigenvalue weighted by Gasteiger charge is 2.47. The van der Waals surface area contributed by atoms with Gasteiger partial charge in [-0.3, -0.25) is 4.79 Å². The Morgan fingerprint density at radius 3 is 2.47 bits per heavy atom. The lowest BCUT2D eigenvalue weighted by molar-refractivity contribution is -0.457. The van der Waals surface area contributed by atoms with Gasteiger partial charge in [-0.05, 0) is 26.2 Å². The molecule has 0 bridgehead atoms. The molecule has 1 aliphatic heterocycles. The summed E-state index contributed by atoms with van der Waals surface area (Å²) in [6, 6.07) is 0. The minimum Gasteiger partial charge on any atom is -0.406 e. The molecule has 0 N–H and O–H groups in total. The summed E-state index contributed by atoms with van der Waals surface area (Å²) >= 11 is 0. The molecule has 94 valence electrons. The molecular formula is C13H20NO3+. The van der Waals surface area contributed by atoms with Crippen molar-refractivity contribution in [3.05, 3.63) is 0 Å². The van der Waals surface area contributed by atoms with Gasteiger partial charge >= 0.3 is 6.09 Å². The van der Waals surface area contributed by atoms with Crippen LogP contribution in [-0.2, 0) is 9.53 Å². The Labute approximate surface area is 102 Å². The Morgan fingerprint density at radius 2 is 2.06 bits per heavy atom. The van der Waals surface area contributed by atoms with E-state index in [4.69, 9.17) is 4.74 Å². The SMILES string of the molecule is CC(C)(C)OC(=O)[N+]1=CCC2(CC1)CC(=O)C2. The average molecular weight is 238 g/mol. The molecule has 1 fully saturated rings. The number of rotatable bonds is 0. The minimum absolute atomic E-state index is 0.162. The van der Waals surface area contributed by atoms with E-state index in [1.807, 2.05) is 27.0 Å². The molecule has 17 heavy (non-hydrogen) atoms. The third-order valence-electron chi connectivity index (χ3n) is 3.40. The number of ketones is 1. The first-order valence-corrected chi connectivity index (χ1v) is 6.14. The molecule has 2 rings (SSSR count). The summed E-state index contributed by atoms with van der Waals surface area (Å²) in [5.74, 6) is 0.351. The molecule has 1 amide bonds. The number of nitrogens with zero attached hydrogens (tertiary/aromatic N) is 1. The van der Waals surface area contributed by atoms with Gasteiger partial charge in [0.2, 0.25) is 0 Å². The number of hydrogen-bond acceptors (Lipinski definition) is 3. The molecule has 0 unspecified atom stereocenters. The summed E-state index contributed by atoms with van der Waals surface area (Å²) in [5.41, 5.74) is -0.290. The van der Waals surface area contributed by atoms with Crippen LogP contribution in [0, 0.1) is 5.41 Å². The van der Waals surface area contributed by atoms with E-state index in [0.29, 0.717) is 25.2 Å². The average Bonchev–Trinajstić information content (AvgIpc) is 2.14. The fourth-order valence-electron chi connectivity index (χ4n) is 2.45. The minimum atomic E-state index is -0.452. The smallest absolute Gasteiger partial charge is 0.406 e. The summed E-state index contributed by atoms with van der Waals surface area (Å²) in [7, 11) is 0. The summed E-state index contributed by atoms with van der Waals surface area (Å²) in [5, 5.41) is 0. The second-order valence-electron chi connectivity index (χ2n) is 6.20. The lowest BCUT2D eigenvalue weighted by atomic mass is 9.63. The van der Waals surface area contributed by atoms with Gasteiger partial charge in [-0.25, -0.2) is 0 Å². The molecule has 0 aromatic heterocycles. The molecule has 0 saturated heterocycles. The van der Waals surface area contributed by atoms with Crippen LogP contribution in [0.3, 0.4) is 0 Å². The predicted molar refractivity (Wildman–Crippen MR) is 63.3 cm³/mol. The van der Waals surface area contributed by atoms with Gasteiger partial charge in [-0.1, -0.05) is 0 Å². The van der Waals surface area contributed by atoms with Crippen LogP contribution in [-0.4, -0.2) is 34.8 Å². The van der Waals surface area contributed by atoms with E-state index in [2.05, 4.69) is 0 Å². The Morgan fingerprint density at radius 1 is 1.41 bits per heavy atom. The van der Waals surface area contributed by atoms with E-state index < -0.39 is 5.60 Å². The van der Waals surface area contributed by atoms with E-state index in [0.717, 1.165) is 12.8 Å². The molecule has 4 heteroatoms. The van der Waals surface area contributed by atoms with E-state index in [1.165, 1.54) is 0 Å². The lowest BCUT2D eigenvalue weighted by Gasteiger charge is -2.39. The van der Waals surface area contributed by atoms with E-state index in [-0.39, 0.29) is 11.5 Å². The fourth-order valence-corrected chi connectivity index (χ4v) is 2.45. The molecule has 1 saturated carbocycles. The van der Waals surface area contributed by atoms with Crippen molar-refractivity contribution in [1.29, 1.82) is 0 Å². The molecule has 0 aromatic rings. The molecular weight excluding hydrogens is 218 g/mol. The number of amides is 1. The Bertz CT molecular complexity index is 382. The van der Waals surface area contributed by atoms with E-state index in [1.54, 1.807) is 4.58 Å². The molecule has 1 heterocycles. The van der Waals surface area contributed by atoms with Crippen molar-refractivity contribution >= 4 is 18.1 Å². The number of hydrogen-bond donors (Lipinski definition) is 0. The van der Waals surface area contributed by atoms with Gasteiger partial charge in [0.15, 0.2) is 12.8 Å². The second kappa shape index (κ2) is 3.93. The first kappa shape index (κ1) is 12.3. The molecule has 0 radical (unpaired) electrons. The zero-order valence-electron chi connectivity index (χ0n) is 10.8. The van der Waals surface area contributed by atoms with E-state index >= 15 is 0 Å². The third-order valence-corrected chi connectivity index (χ3v) is 3.40. The highest BCUT2D eigenvalue weighted by atomic mass is 16.6. The number of carbonyl (C=O) groups excluding carboxylic acids is 2. The predicted octanol–water partition coefficient (Wildman–Crippen LogP) is 2.15. The molecule has 1 spiro atoms. The van der Waals surface area contributed by atoms with Gasteiger partial charge in [0.05, 0.1) is 0 Å². The first-order valence-electron chi connectivity index (χ1n) is 6.14. The summed E-state index contributed by atoms with van der Waals surface area (Å²) in [6.45, 7) is 6.25. The van der Waals surface area contributed by atoms with Crippen LogP contribution in [0.25, 0.3) is 0 Å². The number of ether oxygens (including phenoxy) is 1. The maximum Gasteiger partial charge on any atom is 0.596 e. The summed E-state index contributed by atoms with van der Waals surface area (Å²) in [6.07, 6.45) is 4.71. The van der Waals surface area contributed by atoms with Crippen LogP contribution in [0.5, 0.6) is 0 Å². The zero-order valence-corrected chi connectivity index (χ0v) is 10.8. The van der Waals surface area contributed by atoms with Crippen LogP contribution >= 0.6 is 0 Å². The van der Waals surface area contributed by atoms with Crippen molar-refractivity contribution in [2.75, 3.05) is 6.54 Å². The lowest BCUT2D eigenvalue weighted by Crippen LogP contribution is -2.45. The van der Waals surface area contributed by atoms with Gasteiger partial charge in [-0.15, -0.1) is 4.58 Å². The molecule has 1 aliphatic carbocycles. The number of Topliss-reactive ketones (excluding diaryl/α,β-unsaturated/α-hetero) is 1. The van der Waals surface area contributed by atoms with Crippen molar-refractivity contribution in [3.8, 4) is 0 Å². The van der Waals surface area contributed by atoms with Crippen LogP contribution in [0.2, 0.25) is 0 Å². The quantitative estimate of drug-likeness (QED) is 0.607. The maximum atomic E-state index is 11.8. The fraction of sp³-hybridized carbons (Fsp3) is 0.769. The standard InChI is InChI=1S/C13H20NO3/c1-12(2,3)17-11(16)14-6-4-13(5-7-14)8-10(15)9-13/h6H,4-5,7-9H2,1-3H3/q+1. The van der Waals surface area contributed by atoms with E-state index in [9.17, 15) is 9.59 Å². The Balaban J connectivity index is 1.95. The van der Waals surface area contributed by atoms with Crippen LogP contribution in [0.1, 0.15) is 46.5 Å². The summed E-state index contributed by atoms with van der Waals surface area (Å²) < 4.78 is 6.95. The van der Waals surface area contributed by atoms with Gasteiger partial charge in [0.1, 0.15) is 11.4 Å². The Hall–Kier alpha value is -1.19. The topological polar surface area (TPSA) is 46.4 Å². The van der Waals surface area contributed by atoms with Crippen molar-refractivity contribution in [1.82, 2.24) is 0 Å². The second-order valence-corrected chi connectivity index (χ2v) is 6.20. The van der Waals surface area contributed by atoms with Crippen LogP contribution in [0.4, 0.5) is 4.79 Å². The molecule has 4 nitrogen and oxygen atoms in total. The Kier molecular flexibility index (Phi) is 2.84. The third kappa shape index (κ3) is 2.73. The summed E-state index contributed by atoms with van der Waals surface area (Å²) in [4.78, 5) is 22.9. The highest BCUT2D eigenvalue weighted by molar-refractivity contribution is 5.87. The maximum absolute atomic E-state index is 11.8. The van der Waals surface area contributed by atoms with Crippen LogP contribution in [0.15, 0.2) is 0 Å². The molecule has 0 atom stereocenters. The monoisotopic (exact) mass is 238 g/mol. The van der Waals surface area contributed by atoms with Gasteiger partial charge in [0.25, 0.3) is 0 Å². The zero-order chi connectivity index (χ0) is 12.7. The normalized spacial score (nSPS) is 23.0. The van der Waals surface area contributed by atoms with Gasteiger partial charge < -0.3 is 4.74 Å². The first-order chi connectivity index (χ1) is 7.80. The van der Waals surface area contributed by atoms with Gasteiger partial charge in [0, 0.05) is 25.7 Å².